The lowest BCUT2D eigenvalue weighted by Crippen LogP contribution is -2.14. The van der Waals surface area contributed by atoms with Crippen molar-refractivity contribution in [2.45, 2.75) is 27.3 Å². The molecule has 0 aliphatic heterocycles. The van der Waals surface area contributed by atoms with E-state index >= 15 is 0 Å². The molecular formula is C12H13N7O2S. The van der Waals surface area contributed by atoms with Gasteiger partial charge in [0.15, 0.2) is 11.5 Å². The molecule has 0 aromatic carbocycles. The summed E-state index contributed by atoms with van der Waals surface area (Å²) in [5.41, 5.74) is 2.55. The van der Waals surface area contributed by atoms with Gasteiger partial charge >= 0.3 is 0 Å². The highest BCUT2D eigenvalue weighted by molar-refractivity contribution is 6.99. The van der Waals surface area contributed by atoms with Gasteiger partial charge in [0.05, 0.1) is 35.4 Å². The Bertz CT molecular complexity index is 819. The highest BCUT2D eigenvalue weighted by atomic mass is 32.1. The van der Waals surface area contributed by atoms with E-state index < -0.39 is 0 Å². The molecule has 0 aliphatic rings. The Morgan fingerprint density at radius 3 is 2.82 bits per heavy atom. The molecule has 9 nitrogen and oxygen atoms in total. The van der Waals surface area contributed by atoms with Gasteiger partial charge in [-0.15, -0.1) is 5.10 Å². The second-order valence-corrected chi connectivity index (χ2v) is 5.28. The number of aryl methyl sites for hydroxylation is 2. The van der Waals surface area contributed by atoms with Crippen LogP contribution in [0.2, 0.25) is 0 Å². The molecule has 1 amide bonds. The largest absolute Gasteiger partial charge is 0.360 e. The number of amides is 1. The van der Waals surface area contributed by atoms with Crippen molar-refractivity contribution in [2.75, 3.05) is 5.32 Å². The Morgan fingerprint density at radius 1 is 1.36 bits per heavy atom. The van der Waals surface area contributed by atoms with Gasteiger partial charge in [-0.25, -0.2) is 4.68 Å². The van der Waals surface area contributed by atoms with Gasteiger partial charge in [-0.3, -0.25) is 4.79 Å². The van der Waals surface area contributed by atoms with Crippen LogP contribution in [-0.2, 0) is 6.54 Å². The van der Waals surface area contributed by atoms with Crippen molar-refractivity contribution in [1.29, 1.82) is 0 Å². The Kier molecular flexibility index (Phi) is 3.67. The molecule has 3 rings (SSSR count). The molecule has 3 aromatic rings. The molecule has 0 bridgehead atoms. The van der Waals surface area contributed by atoms with Gasteiger partial charge in [-0.2, -0.15) is 8.75 Å². The Balaban J connectivity index is 1.78. The van der Waals surface area contributed by atoms with Crippen LogP contribution in [0.4, 0.5) is 5.82 Å². The van der Waals surface area contributed by atoms with Crippen molar-refractivity contribution in [3.8, 4) is 0 Å². The average Bonchev–Trinajstić information content (AvgIpc) is 3.15. The topological polar surface area (TPSA) is 112 Å². The maximum absolute atomic E-state index is 12.2. The minimum atomic E-state index is -0.384. The summed E-state index contributed by atoms with van der Waals surface area (Å²) in [4.78, 5) is 12.2. The molecule has 0 saturated carbocycles. The van der Waals surface area contributed by atoms with Crippen LogP contribution < -0.4 is 5.32 Å². The SMILES string of the molecule is Cc1cc(NC(=O)c2nnn(Cc3nsnc3C)c2C)no1. The van der Waals surface area contributed by atoms with Gasteiger partial charge in [0.1, 0.15) is 5.76 Å². The molecule has 1 N–H and O–H groups in total. The summed E-state index contributed by atoms with van der Waals surface area (Å²) in [6.07, 6.45) is 0. The predicted molar refractivity (Wildman–Crippen MR) is 77.7 cm³/mol. The number of aromatic nitrogens is 6. The number of carbonyl (C=O) groups excluding carboxylic acids is 1. The van der Waals surface area contributed by atoms with E-state index in [0.717, 1.165) is 23.1 Å². The third-order valence-electron chi connectivity index (χ3n) is 3.11. The van der Waals surface area contributed by atoms with E-state index in [-0.39, 0.29) is 11.6 Å². The standard InChI is InChI=1S/C12H13N7O2S/c1-6-4-10(15-21-6)13-12(20)11-8(3)19(18-14-11)5-9-7(2)16-22-17-9/h4H,5H2,1-3H3,(H,13,15,20). The molecule has 114 valence electrons. The zero-order chi connectivity index (χ0) is 15.7. The lowest BCUT2D eigenvalue weighted by atomic mass is 10.3. The van der Waals surface area contributed by atoms with Gasteiger partial charge in [-0.05, 0) is 20.8 Å². The quantitative estimate of drug-likeness (QED) is 0.772. The fraction of sp³-hybridized carbons (Fsp3) is 0.333. The van der Waals surface area contributed by atoms with Gasteiger partial charge < -0.3 is 9.84 Å². The monoisotopic (exact) mass is 319 g/mol. The molecule has 0 aliphatic carbocycles. The van der Waals surface area contributed by atoms with Crippen LogP contribution in [0.3, 0.4) is 0 Å². The van der Waals surface area contributed by atoms with Crippen LogP contribution in [0.25, 0.3) is 0 Å². The number of nitrogens with zero attached hydrogens (tertiary/aromatic N) is 6. The van der Waals surface area contributed by atoms with Crippen molar-refractivity contribution in [3.63, 3.8) is 0 Å². The molecule has 0 fully saturated rings. The first-order chi connectivity index (χ1) is 10.5. The van der Waals surface area contributed by atoms with Gasteiger partial charge in [0, 0.05) is 6.07 Å². The van der Waals surface area contributed by atoms with Crippen LogP contribution in [0.15, 0.2) is 10.6 Å². The molecule has 3 heterocycles. The van der Waals surface area contributed by atoms with E-state index in [1.54, 1.807) is 24.6 Å². The third kappa shape index (κ3) is 2.72. The molecule has 0 saturated heterocycles. The molecule has 0 unspecified atom stereocenters. The number of carbonyl (C=O) groups is 1. The van der Waals surface area contributed by atoms with E-state index in [2.05, 4.69) is 29.5 Å². The number of hydrogen-bond donors (Lipinski definition) is 1. The fourth-order valence-electron chi connectivity index (χ4n) is 1.86. The highest BCUT2D eigenvalue weighted by Crippen LogP contribution is 2.12. The maximum atomic E-state index is 12.2. The van der Waals surface area contributed by atoms with E-state index in [1.807, 2.05) is 6.92 Å². The predicted octanol–water partition coefficient (Wildman–Crippen LogP) is 1.34. The number of anilines is 1. The molecule has 3 aromatic heterocycles. The summed E-state index contributed by atoms with van der Waals surface area (Å²) in [6, 6.07) is 1.63. The summed E-state index contributed by atoms with van der Waals surface area (Å²) in [5.74, 6) is 0.573. The fourth-order valence-corrected chi connectivity index (χ4v) is 2.41. The van der Waals surface area contributed by atoms with Crippen LogP contribution in [-0.4, -0.2) is 34.8 Å². The van der Waals surface area contributed by atoms with Crippen LogP contribution in [0.1, 0.15) is 33.3 Å². The molecule has 0 spiro atoms. The van der Waals surface area contributed by atoms with E-state index in [4.69, 9.17) is 4.52 Å². The number of hydrogen-bond acceptors (Lipinski definition) is 8. The summed E-state index contributed by atoms with van der Waals surface area (Å²) < 4.78 is 14.8. The molecule has 0 atom stereocenters. The minimum absolute atomic E-state index is 0.237. The molecule has 0 radical (unpaired) electrons. The first-order valence-electron chi connectivity index (χ1n) is 6.47. The smallest absolute Gasteiger partial charge is 0.279 e. The van der Waals surface area contributed by atoms with E-state index in [1.165, 1.54) is 0 Å². The second kappa shape index (κ2) is 5.64. The Hall–Kier alpha value is -2.62. The van der Waals surface area contributed by atoms with Crippen molar-refractivity contribution in [3.05, 3.63) is 34.6 Å². The lowest BCUT2D eigenvalue weighted by Gasteiger charge is -2.02. The van der Waals surface area contributed by atoms with Gasteiger partial charge in [-0.1, -0.05) is 10.4 Å². The van der Waals surface area contributed by atoms with Crippen molar-refractivity contribution >= 4 is 23.5 Å². The van der Waals surface area contributed by atoms with E-state index in [9.17, 15) is 4.79 Å². The van der Waals surface area contributed by atoms with Crippen molar-refractivity contribution < 1.29 is 9.32 Å². The first kappa shape index (κ1) is 14.3. The molecule has 10 heteroatoms. The van der Waals surface area contributed by atoms with Crippen LogP contribution >= 0.6 is 11.7 Å². The van der Waals surface area contributed by atoms with Gasteiger partial charge in [0.25, 0.3) is 5.91 Å². The minimum Gasteiger partial charge on any atom is -0.360 e. The van der Waals surface area contributed by atoms with Crippen molar-refractivity contribution in [2.24, 2.45) is 0 Å². The molecule has 22 heavy (non-hydrogen) atoms. The second-order valence-electron chi connectivity index (χ2n) is 4.75. The number of rotatable bonds is 4. The number of nitrogens with one attached hydrogen (secondary N) is 1. The average molecular weight is 319 g/mol. The zero-order valence-electron chi connectivity index (χ0n) is 12.2. The van der Waals surface area contributed by atoms with E-state index in [0.29, 0.717) is 23.8 Å². The zero-order valence-corrected chi connectivity index (χ0v) is 13.0. The van der Waals surface area contributed by atoms with Crippen LogP contribution in [0.5, 0.6) is 0 Å². The van der Waals surface area contributed by atoms with Crippen molar-refractivity contribution in [1.82, 2.24) is 28.9 Å². The first-order valence-corrected chi connectivity index (χ1v) is 7.20. The summed E-state index contributed by atoms with van der Waals surface area (Å²) >= 11 is 1.15. The highest BCUT2D eigenvalue weighted by Gasteiger charge is 2.18. The Morgan fingerprint density at radius 2 is 2.18 bits per heavy atom. The summed E-state index contributed by atoms with van der Waals surface area (Å²) in [6.45, 7) is 5.83. The summed E-state index contributed by atoms with van der Waals surface area (Å²) in [5, 5.41) is 14.3. The maximum Gasteiger partial charge on any atom is 0.279 e. The molecular weight excluding hydrogens is 306 g/mol. The lowest BCUT2D eigenvalue weighted by molar-refractivity contribution is 0.102. The normalized spacial score (nSPS) is 10.9. The third-order valence-corrected chi connectivity index (χ3v) is 3.77. The van der Waals surface area contributed by atoms with Crippen LogP contribution in [0, 0.1) is 20.8 Å². The van der Waals surface area contributed by atoms with Gasteiger partial charge in [0.2, 0.25) is 0 Å². The Labute approximate surface area is 129 Å². The summed E-state index contributed by atoms with van der Waals surface area (Å²) in [7, 11) is 0.